The zero-order valence-electron chi connectivity index (χ0n) is 16.4. The van der Waals surface area contributed by atoms with Crippen LogP contribution in [0.2, 0.25) is 0 Å². The van der Waals surface area contributed by atoms with E-state index in [0.717, 1.165) is 6.42 Å². The predicted molar refractivity (Wildman–Crippen MR) is 106 cm³/mol. The van der Waals surface area contributed by atoms with Gasteiger partial charge in [0.2, 0.25) is 5.91 Å². The molecular weight excluding hydrogens is 375 g/mol. The summed E-state index contributed by atoms with van der Waals surface area (Å²) in [6.07, 6.45) is 1.55. The maximum absolute atomic E-state index is 13.1. The van der Waals surface area contributed by atoms with Gasteiger partial charge in [-0.15, -0.1) is 0 Å². The number of piperidine rings is 1. The highest BCUT2D eigenvalue weighted by molar-refractivity contribution is 5.94. The summed E-state index contributed by atoms with van der Waals surface area (Å²) in [6, 6.07) is 12.7. The van der Waals surface area contributed by atoms with Crippen molar-refractivity contribution in [3.8, 4) is 11.5 Å². The average molecular weight is 400 g/mol. The van der Waals surface area contributed by atoms with Crippen LogP contribution in [0.25, 0.3) is 0 Å². The first-order chi connectivity index (χ1) is 13.9. The fourth-order valence-corrected chi connectivity index (χ4v) is 3.77. The minimum atomic E-state index is -0.590. The summed E-state index contributed by atoms with van der Waals surface area (Å²) in [7, 11) is 1.55. The molecule has 2 amide bonds. The Morgan fingerprint density at radius 3 is 2.62 bits per heavy atom. The van der Waals surface area contributed by atoms with Crippen LogP contribution < -0.4 is 15.2 Å². The molecule has 1 heterocycles. The standard InChI is InChI=1S/C22H25FN2O4/c1-28-19-5-2-4-16(12-19)21(27)25-11-3-10-22(14-25,13-20(24)26)15-29-18-8-6-17(23)7-9-18/h2,4-9,12H,3,10-11,13-15H2,1H3,(H2,24,26)/t22-/m0/s1. The number of nitrogens with two attached hydrogens (primary N) is 1. The number of methoxy groups -OCH3 is 1. The molecule has 2 N–H and O–H groups in total. The van der Waals surface area contributed by atoms with Gasteiger partial charge in [-0.1, -0.05) is 6.07 Å². The van der Waals surface area contributed by atoms with Crippen molar-refractivity contribution in [3.63, 3.8) is 0 Å². The summed E-state index contributed by atoms with van der Waals surface area (Å²) in [4.78, 5) is 26.5. The first-order valence-electron chi connectivity index (χ1n) is 9.51. The highest BCUT2D eigenvalue weighted by atomic mass is 19.1. The lowest BCUT2D eigenvalue weighted by atomic mass is 9.77. The number of likely N-dealkylation sites (tertiary alicyclic amines) is 1. The number of amides is 2. The third-order valence-corrected chi connectivity index (χ3v) is 5.17. The minimum Gasteiger partial charge on any atom is -0.497 e. The number of hydrogen-bond donors (Lipinski definition) is 1. The van der Waals surface area contributed by atoms with E-state index in [4.69, 9.17) is 15.2 Å². The van der Waals surface area contributed by atoms with E-state index in [-0.39, 0.29) is 24.8 Å². The van der Waals surface area contributed by atoms with Gasteiger partial charge >= 0.3 is 0 Å². The van der Waals surface area contributed by atoms with Crippen molar-refractivity contribution in [2.75, 3.05) is 26.8 Å². The first kappa shape index (κ1) is 20.6. The van der Waals surface area contributed by atoms with Crippen LogP contribution in [0.4, 0.5) is 4.39 Å². The van der Waals surface area contributed by atoms with Gasteiger partial charge in [-0.05, 0) is 55.3 Å². The van der Waals surface area contributed by atoms with Crippen LogP contribution in [0.15, 0.2) is 48.5 Å². The second-order valence-electron chi connectivity index (χ2n) is 7.45. The zero-order chi connectivity index (χ0) is 20.9. The lowest BCUT2D eigenvalue weighted by Crippen LogP contribution is -2.50. The maximum atomic E-state index is 13.1. The smallest absolute Gasteiger partial charge is 0.254 e. The molecule has 2 aromatic carbocycles. The molecule has 0 bridgehead atoms. The molecule has 0 aromatic heterocycles. The number of ether oxygens (including phenoxy) is 2. The molecule has 1 aliphatic rings. The fourth-order valence-electron chi connectivity index (χ4n) is 3.77. The van der Waals surface area contributed by atoms with Gasteiger partial charge in [-0.25, -0.2) is 4.39 Å². The van der Waals surface area contributed by atoms with Crippen molar-refractivity contribution in [2.45, 2.75) is 19.3 Å². The van der Waals surface area contributed by atoms with Crippen molar-refractivity contribution in [1.82, 2.24) is 4.90 Å². The summed E-state index contributed by atoms with van der Waals surface area (Å²) in [6.45, 7) is 1.16. The molecule has 3 rings (SSSR count). The lowest BCUT2D eigenvalue weighted by molar-refractivity contribution is -0.122. The number of rotatable bonds is 7. The molecule has 0 spiro atoms. The molecule has 0 saturated carbocycles. The molecule has 0 radical (unpaired) electrons. The molecule has 2 aromatic rings. The van der Waals surface area contributed by atoms with E-state index >= 15 is 0 Å². The normalized spacial score (nSPS) is 18.9. The third kappa shape index (κ3) is 5.25. The highest BCUT2D eigenvalue weighted by Crippen LogP contribution is 2.35. The topological polar surface area (TPSA) is 81.9 Å². The van der Waals surface area contributed by atoms with E-state index < -0.39 is 11.3 Å². The molecule has 1 atom stereocenters. The molecule has 0 unspecified atom stereocenters. The molecule has 154 valence electrons. The average Bonchev–Trinajstić information content (AvgIpc) is 2.72. The Bertz CT molecular complexity index is 871. The minimum absolute atomic E-state index is 0.107. The Labute approximate surface area is 169 Å². The number of carbonyl (C=O) groups excluding carboxylic acids is 2. The first-order valence-corrected chi connectivity index (χ1v) is 9.51. The Morgan fingerprint density at radius 2 is 1.93 bits per heavy atom. The molecule has 7 heteroatoms. The second-order valence-corrected chi connectivity index (χ2v) is 7.45. The molecule has 29 heavy (non-hydrogen) atoms. The van der Waals surface area contributed by atoms with Gasteiger partial charge in [-0.2, -0.15) is 0 Å². The van der Waals surface area contributed by atoms with Crippen LogP contribution in [0.5, 0.6) is 11.5 Å². The second kappa shape index (κ2) is 8.94. The number of nitrogens with zero attached hydrogens (tertiary/aromatic N) is 1. The van der Waals surface area contributed by atoms with Crippen molar-refractivity contribution in [3.05, 3.63) is 59.9 Å². The summed E-state index contributed by atoms with van der Waals surface area (Å²) in [5, 5.41) is 0. The van der Waals surface area contributed by atoms with Gasteiger partial charge in [0.1, 0.15) is 17.3 Å². The van der Waals surface area contributed by atoms with Crippen LogP contribution in [-0.4, -0.2) is 43.5 Å². The van der Waals surface area contributed by atoms with E-state index in [1.165, 1.54) is 24.3 Å². The molecule has 1 fully saturated rings. The van der Waals surface area contributed by atoms with Gasteiger partial charge in [0.15, 0.2) is 0 Å². The van der Waals surface area contributed by atoms with Crippen LogP contribution in [-0.2, 0) is 4.79 Å². The van der Waals surface area contributed by atoms with E-state index in [1.807, 2.05) is 0 Å². The van der Waals surface area contributed by atoms with Gasteiger partial charge in [0.05, 0.1) is 13.7 Å². The number of primary amides is 1. The SMILES string of the molecule is COc1cccc(C(=O)N2CCC[C@](COc3ccc(F)cc3)(CC(N)=O)C2)c1. The molecular formula is C22H25FN2O4. The number of carbonyl (C=O) groups is 2. The Morgan fingerprint density at radius 1 is 1.17 bits per heavy atom. The summed E-state index contributed by atoms with van der Waals surface area (Å²) in [5.74, 6) is 0.196. The van der Waals surface area contributed by atoms with Crippen LogP contribution >= 0.6 is 0 Å². The van der Waals surface area contributed by atoms with Gasteiger partial charge in [-0.3, -0.25) is 9.59 Å². The number of hydrogen-bond acceptors (Lipinski definition) is 4. The number of halogens is 1. The van der Waals surface area contributed by atoms with Crippen LogP contribution in [0, 0.1) is 11.2 Å². The largest absolute Gasteiger partial charge is 0.497 e. The Balaban J connectivity index is 1.76. The van der Waals surface area contributed by atoms with Gasteiger partial charge in [0.25, 0.3) is 5.91 Å². The molecule has 1 saturated heterocycles. The van der Waals surface area contributed by atoms with Crippen molar-refractivity contribution in [1.29, 1.82) is 0 Å². The summed E-state index contributed by atoms with van der Waals surface area (Å²) in [5.41, 5.74) is 5.44. The van der Waals surface area contributed by atoms with Crippen LogP contribution in [0.1, 0.15) is 29.6 Å². The summed E-state index contributed by atoms with van der Waals surface area (Å²) >= 11 is 0. The number of benzene rings is 2. The highest BCUT2D eigenvalue weighted by Gasteiger charge is 2.39. The molecule has 0 aliphatic carbocycles. The van der Waals surface area contributed by atoms with E-state index in [2.05, 4.69) is 0 Å². The Hall–Kier alpha value is -3.09. The van der Waals surface area contributed by atoms with E-state index in [1.54, 1.807) is 36.3 Å². The van der Waals surface area contributed by atoms with E-state index in [9.17, 15) is 14.0 Å². The van der Waals surface area contributed by atoms with Crippen molar-refractivity contribution < 1.29 is 23.5 Å². The predicted octanol–water partition coefficient (Wildman–Crippen LogP) is 3.01. The third-order valence-electron chi connectivity index (χ3n) is 5.17. The molecule has 1 aliphatic heterocycles. The quantitative estimate of drug-likeness (QED) is 0.775. The van der Waals surface area contributed by atoms with Crippen LogP contribution in [0.3, 0.4) is 0 Å². The lowest BCUT2D eigenvalue weighted by Gasteiger charge is -2.42. The monoisotopic (exact) mass is 400 g/mol. The maximum Gasteiger partial charge on any atom is 0.254 e. The van der Waals surface area contributed by atoms with Crippen molar-refractivity contribution >= 4 is 11.8 Å². The van der Waals surface area contributed by atoms with Crippen molar-refractivity contribution in [2.24, 2.45) is 11.1 Å². The fraction of sp³-hybridized carbons (Fsp3) is 0.364. The zero-order valence-corrected chi connectivity index (χ0v) is 16.4. The molecule has 6 nitrogen and oxygen atoms in total. The van der Waals surface area contributed by atoms with E-state index in [0.29, 0.717) is 36.6 Å². The van der Waals surface area contributed by atoms with Gasteiger partial charge in [0, 0.05) is 30.5 Å². The van der Waals surface area contributed by atoms with Gasteiger partial charge < -0.3 is 20.1 Å². The Kier molecular flexibility index (Phi) is 6.36. The summed E-state index contributed by atoms with van der Waals surface area (Å²) < 4.78 is 24.2.